The summed E-state index contributed by atoms with van der Waals surface area (Å²) in [6.07, 6.45) is 2.02. The number of amides is 1. The lowest BCUT2D eigenvalue weighted by Crippen LogP contribution is -2.46. The number of ether oxygens (including phenoxy) is 1. The maximum atomic E-state index is 13.6. The van der Waals surface area contributed by atoms with Gasteiger partial charge in [-0.15, -0.1) is 0 Å². The van der Waals surface area contributed by atoms with Crippen molar-refractivity contribution in [3.05, 3.63) is 53.6 Å². The number of benzene rings is 2. The zero-order chi connectivity index (χ0) is 21.9. The van der Waals surface area contributed by atoms with Crippen LogP contribution in [0.25, 0.3) is 0 Å². The first kappa shape index (κ1) is 22.2. The van der Waals surface area contributed by atoms with Gasteiger partial charge in [0.2, 0.25) is 5.91 Å². The number of hydrogen-bond donors (Lipinski definition) is 0. The van der Waals surface area contributed by atoms with E-state index in [2.05, 4.69) is 6.92 Å². The quantitative estimate of drug-likeness (QED) is 0.700. The van der Waals surface area contributed by atoms with Crippen LogP contribution in [-0.2, 0) is 14.8 Å². The van der Waals surface area contributed by atoms with Crippen molar-refractivity contribution < 1.29 is 17.9 Å². The number of likely N-dealkylation sites (tertiary alicyclic amines) is 1. The SMILES string of the molecule is COc1ccc(C)cc1N(CC(=O)N1CCCC(C)C1)S(=O)(=O)c1ccc(C)cc1. The summed E-state index contributed by atoms with van der Waals surface area (Å²) in [5, 5.41) is 0. The zero-order valence-corrected chi connectivity index (χ0v) is 18.9. The van der Waals surface area contributed by atoms with Crippen LogP contribution in [0.3, 0.4) is 0 Å². The molecule has 1 aliphatic rings. The highest BCUT2D eigenvalue weighted by molar-refractivity contribution is 7.92. The Morgan fingerprint density at radius 3 is 2.43 bits per heavy atom. The molecule has 1 unspecified atom stereocenters. The number of piperidine rings is 1. The Kier molecular flexibility index (Phi) is 6.71. The van der Waals surface area contributed by atoms with E-state index in [1.54, 1.807) is 41.3 Å². The first-order valence-electron chi connectivity index (χ1n) is 10.2. The van der Waals surface area contributed by atoms with Crippen LogP contribution in [0.1, 0.15) is 30.9 Å². The van der Waals surface area contributed by atoms with Gasteiger partial charge in [-0.3, -0.25) is 9.10 Å². The molecule has 0 aromatic heterocycles. The van der Waals surface area contributed by atoms with Crippen molar-refractivity contribution in [1.29, 1.82) is 0 Å². The van der Waals surface area contributed by atoms with Gasteiger partial charge in [-0.2, -0.15) is 0 Å². The van der Waals surface area contributed by atoms with Crippen molar-refractivity contribution in [3.8, 4) is 5.75 Å². The van der Waals surface area contributed by atoms with Gasteiger partial charge in [0, 0.05) is 13.1 Å². The van der Waals surface area contributed by atoms with E-state index in [1.807, 2.05) is 19.9 Å². The Balaban J connectivity index is 2.04. The highest BCUT2D eigenvalue weighted by Crippen LogP contribution is 2.33. The predicted molar refractivity (Wildman–Crippen MR) is 118 cm³/mol. The van der Waals surface area contributed by atoms with E-state index in [0.717, 1.165) is 24.0 Å². The number of sulfonamides is 1. The number of carbonyl (C=O) groups excluding carboxylic acids is 1. The fraction of sp³-hybridized carbons (Fsp3) is 0.435. The maximum Gasteiger partial charge on any atom is 0.264 e. The van der Waals surface area contributed by atoms with Crippen molar-refractivity contribution in [2.45, 2.75) is 38.5 Å². The second-order valence-corrected chi connectivity index (χ2v) is 9.95. The summed E-state index contributed by atoms with van der Waals surface area (Å²) < 4.78 is 33.8. The number of nitrogens with zero attached hydrogens (tertiary/aromatic N) is 2. The molecule has 1 aliphatic heterocycles. The lowest BCUT2D eigenvalue weighted by molar-refractivity contribution is -0.131. The minimum Gasteiger partial charge on any atom is -0.495 e. The molecule has 6 nitrogen and oxygen atoms in total. The molecule has 2 aromatic carbocycles. The van der Waals surface area contributed by atoms with Crippen molar-refractivity contribution in [1.82, 2.24) is 4.90 Å². The number of hydrogen-bond acceptors (Lipinski definition) is 4. The lowest BCUT2D eigenvalue weighted by atomic mass is 10.0. The molecule has 0 aliphatic carbocycles. The van der Waals surface area contributed by atoms with Crippen molar-refractivity contribution in [2.75, 3.05) is 31.0 Å². The molecule has 1 atom stereocenters. The maximum absolute atomic E-state index is 13.6. The van der Waals surface area contributed by atoms with Gasteiger partial charge in [-0.05, 0) is 62.4 Å². The number of rotatable bonds is 6. The standard InChI is InChI=1S/C23H30N2O4S/c1-17-7-10-20(11-8-17)30(27,28)25(21-14-18(2)9-12-22(21)29-4)16-23(26)24-13-5-6-19(3)15-24/h7-12,14,19H,5-6,13,15-16H2,1-4H3. The summed E-state index contributed by atoms with van der Waals surface area (Å²) in [5.74, 6) is 0.634. The van der Waals surface area contributed by atoms with Crippen LogP contribution in [0.4, 0.5) is 5.69 Å². The molecule has 30 heavy (non-hydrogen) atoms. The van der Waals surface area contributed by atoms with Crippen LogP contribution in [-0.4, -0.2) is 46.0 Å². The molecule has 1 heterocycles. The molecule has 7 heteroatoms. The summed E-state index contributed by atoms with van der Waals surface area (Å²) in [4.78, 5) is 15.0. The van der Waals surface area contributed by atoms with E-state index < -0.39 is 10.0 Å². The number of anilines is 1. The third kappa shape index (κ3) is 4.78. The van der Waals surface area contributed by atoms with Gasteiger partial charge in [-0.25, -0.2) is 8.42 Å². The van der Waals surface area contributed by atoms with E-state index in [0.29, 0.717) is 30.4 Å². The highest BCUT2D eigenvalue weighted by Gasteiger charge is 2.32. The van der Waals surface area contributed by atoms with Crippen molar-refractivity contribution in [2.24, 2.45) is 5.92 Å². The van der Waals surface area contributed by atoms with Crippen LogP contribution in [0.15, 0.2) is 47.4 Å². The van der Waals surface area contributed by atoms with E-state index in [4.69, 9.17) is 4.74 Å². The van der Waals surface area contributed by atoms with E-state index >= 15 is 0 Å². The molecule has 0 saturated carbocycles. The monoisotopic (exact) mass is 430 g/mol. The summed E-state index contributed by atoms with van der Waals surface area (Å²) in [7, 11) is -2.46. The Labute approximate surface area is 179 Å². The average Bonchev–Trinajstić information content (AvgIpc) is 2.72. The average molecular weight is 431 g/mol. The van der Waals surface area contributed by atoms with Crippen LogP contribution in [0.5, 0.6) is 5.75 Å². The largest absolute Gasteiger partial charge is 0.495 e. The Morgan fingerprint density at radius 1 is 1.13 bits per heavy atom. The summed E-state index contributed by atoms with van der Waals surface area (Å²) in [6.45, 7) is 6.95. The Morgan fingerprint density at radius 2 is 1.80 bits per heavy atom. The number of aryl methyl sites for hydroxylation is 2. The van der Waals surface area contributed by atoms with Gasteiger partial charge in [0.05, 0.1) is 17.7 Å². The molecule has 1 saturated heterocycles. The summed E-state index contributed by atoms with van der Waals surface area (Å²) in [5.41, 5.74) is 2.22. The fourth-order valence-electron chi connectivity index (χ4n) is 3.77. The van der Waals surface area contributed by atoms with Gasteiger partial charge < -0.3 is 9.64 Å². The minimum absolute atomic E-state index is 0.150. The van der Waals surface area contributed by atoms with Crippen LogP contribution in [0.2, 0.25) is 0 Å². The molecule has 0 bridgehead atoms. The summed E-state index contributed by atoms with van der Waals surface area (Å²) >= 11 is 0. The second-order valence-electron chi connectivity index (χ2n) is 8.09. The molecule has 0 radical (unpaired) electrons. The first-order chi connectivity index (χ1) is 14.2. The van der Waals surface area contributed by atoms with Gasteiger partial charge >= 0.3 is 0 Å². The van der Waals surface area contributed by atoms with Crippen molar-refractivity contribution in [3.63, 3.8) is 0 Å². The molecular formula is C23H30N2O4S. The molecule has 1 amide bonds. The number of carbonyl (C=O) groups is 1. The van der Waals surface area contributed by atoms with E-state index in [9.17, 15) is 13.2 Å². The van der Waals surface area contributed by atoms with E-state index in [1.165, 1.54) is 11.4 Å². The third-order valence-corrected chi connectivity index (χ3v) is 7.27. The van der Waals surface area contributed by atoms with Crippen molar-refractivity contribution >= 4 is 21.6 Å². The molecule has 0 spiro atoms. The predicted octanol–water partition coefficient (Wildman–Crippen LogP) is 3.77. The molecule has 162 valence electrons. The smallest absolute Gasteiger partial charge is 0.264 e. The van der Waals surface area contributed by atoms with Gasteiger partial charge in [0.25, 0.3) is 10.0 Å². The molecule has 0 N–H and O–H groups in total. The minimum atomic E-state index is -3.96. The van der Waals surface area contributed by atoms with Gasteiger partial charge in [0.1, 0.15) is 12.3 Å². The van der Waals surface area contributed by atoms with Gasteiger partial charge in [0.15, 0.2) is 0 Å². The highest BCUT2D eigenvalue weighted by atomic mass is 32.2. The van der Waals surface area contributed by atoms with Crippen LogP contribution in [0, 0.1) is 19.8 Å². The third-order valence-electron chi connectivity index (χ3n) is 5.50. The Hall–Kier alpha value is -2.54. The van der Waals surface area contributed by atoms with Crippen LogP contribution < -0.4 is 9.04 Å². The molecular weight excluding hydrogens is 400 g/mol. The number of methoxy groups -OCH3 is 1. The first-order valence-corrected chi connectivity index (χ1v) is 11.7. The van der Waals surface area contributed by atoms with Gasteiger partial charge in [-0.1, -0.05) is 30.7 Å². The summed E-state index contributed by atoms with van der Waals surface area (Å²) in [6, 6.07) is 12.0. The molecule has 1 fully saturated rings. The topological polar surface area (TPSA) is 66.9 Å². The van der Waals surface area contributed by atoms with E-state index in [-0.39, 0.29) is 17.3 Å². The lowest BCUT2D eigenvalue weighted by Gasteiger charge is -2.33. The second kappa shape index (κ2) is 9.08. The Bertz CT molecular complexity index is 1000. The zero-order valence-electron chi connectivity index (χ0n) is 18.1. The normalized spacial score (nSPS) is 16.9. The fourth-order valence-corrected chi connectivity index (χ4v) is 5.19. The molecule has 3 rings (SSSR count). The molecule has 2 aromatic rings. The van der Waals surface area contributed by atoms with Crippen LogP contribution >= 0.6 is 0 Å².